The molecule has 0 bridgehead atoms. The van der Waals surface area contributed by atoms with Crippen molar-refractivity contribution in [2.24, 2.45) is 0 Å². The summed E-state index contributed by atoms with van der Waals surface area (Å²) in [5.41, 5.74) is 5.39. The van der Waals surface area contributed by atoms with Gasteiger partial charge in [0, 0.05) is 36.9 Å². The lowest BCUT2D eigenvalue weighted by Gasteiger charge is -2.28. The van der Waals surface area contributed by atoms with Crippen molar-refractivity contribution >= 4 is 34.6 Å². The standard InChI is InChI=1S/C24H27ClN4O2S/c1-15-13-18(16(2)28(15)11-12-30-3)23-22(20-7-5-6-10-26-20)27-24(32)29(23)17-8-9-21(31-4)19(25)14-17/h5-10,13-14,22-23H,11-12H2,1-4H3,(H,27,32)/t22-,23+/m0/s1. The molecule has 1 N–H and O–H groups in total. The van der Waals surface area contributed by atoms with Crippen molar-refractivity contribution in [3.05, 3.63) is 76.3 Å². The first-order valence-corrected chi connectivity index (χ1v) is 11.2. The van der Waals surface area contributed by atoms with Gasteiger partial charge in [-0.1, -0.05) is 17.7 Å². The molecule has 4 rings (SSSR count). The Balaban J connectivity index is 1.84. The average Bonchev–Trinajstić information content (AvgIpc) is 3.28. The van der Waals surface area contributed by atoms with Gasteiger partial charge in [-0.2, -0.15) is 0 Å². The van der Waals surface area contributed by atoms with Crippen LogP contribution in [0.25, 0.3) is 0 Å². The second-order valence-electron chi connectivity index (χ2n) is 7.79. The van der Waals surface area contributed by atoms with Crippen LogP contribution in [-0.2, 0) is 11.3 Å². The minimum Gasteiger partial charge on any atom is -0.495 e. The molecule has 0 saturated carbocycles. The maximum atomic E-state index is 6.47. The fraction of sp³-hybridized carbons (Fsp3) is 0.333. The van der Waals surface area contributed by atoms with E-state index in [-0.39, 0.29) is 12.1 Å². The van der Waals surface area contributed by atoms with E-state index >= 15 is 0 Å². The number of aryl methyl sites for hydroxylation is 1. The molecule has 3 heterocycles. The van der Waals surface area contributed by atoms with Crippen molar-refractivity contribution in [1.82, 2.24) is 14.9 Å². The summed E-state index contributed by atoms with van der Waals surface area (Å²) < 4.78 is 13.0. The van der Waals surface area contributed by atoms with Crippen molar-refractivity contribution in [3.8, 4) is 5.75 Å². The van der Waals surface area contributed by atoms with E-state index < -0.39 is 0 Å². The second-order valence-corrected chi connectivity index (χ2v) is 8.58. The number of rotatable bonds is 7. The highest BCUT2D eigenvalue weighted by molar-refractivity contribution is 7.80. The third-order valence-electron chi connectivity index (χ3n) is 5.96. The zero-order chi connectivity index (χ0) is 22.8. The Kier molecular flexibility index (Phi) is 6.69. The lowest BCUT2D eigenvalue weighted by molar-refractivity contribution is 0.186. The molecule has 0 aliphatic carbocycles. The molecule has 2 aromatic heterocycles. The van der Waals surface area contributed by atoms with Crippen molar-refractivity contribution in [2.45, 2.75) is 32.5 Å². The lowest BCUT2D eigenvalue weighted by Crippen LogP contribution is -2.29. The van der Waals surface area contributed by atoms with Gasteiger partial charge >= 0.3 is 0 Å². The van der Waals surface area contributed by atoms with Gasteiger partial charge in [-0.05, 0) is 68.0 Å². The summed E-state index contributed by atoms with van der Waals surface area (Å²) >= 11 is 12.3. The van der Waals surface area contributed by atoms with Gasteiger partial charge in [-0.3, -0.25) is 4.98 Å². The minimum absolute atomic E-state index is 0.0932. The number of aromatic nitrogens is 2. The lowest BCUT2D eigenvalue weighted by atomic mass is 9.96. The van der Waals surface area contributed by atoms with Crippen LogP contribution in [0.15, 0.2) is 48.7 Å². The maximum absolute atomic E-state index is 6.47. The molecule has 0 unspecified atom stereocenters. The average molecular weight is 471 g/mol. The fourth-order valence-electron chi connectivity index (χ4n) is 4.41. The molecule has 1 saturated heterocycles. The predicted octanol–water partition coefficient (Wildman–Crippen LogP) is 4.99. The monoisotopic (exact) mass is 470 g/mol. The normalized spacial score (nSPS) is 18.2. The highest BCUT2D eigenvalue weighted by Crippen LogP contribution is 2.44. The first kappa shape index (κ1) is 22.6. The summed E-state index contributed by atoms with van der Waals surface area (Å²) in [6.07, 6.45) is 1.81. The van der Waals surface area contributed by atoms with E-state index in [4.69, 9.17) is 33.3 Å². The molecule has 6 nitrogen and oxygen atoms in total. The number of hydrogen-bond acceptors (Lipinski definition) is 4. The van der Waals surface area contributed by atoms with E-state index in [1.54, 1.807) is 14.2 Å². The first-order chi connectivity index (χ1) is 15.5. The summed E-state index contributed by atoms with van der Waals surface area (Å²) in [6, 6.07) is 13.7. The number of nitrogens with zero attached hydrogens (tertiary/aromatic N) is 3. The van der Waals surface area contributed by atoms with Gasteiger partial charge in [0.2, 0.25) is 0 Å². The van der Waals surface area contributed by atoms with E-state index in [9.17, 15) is 0 Å². The van der Waals surface area contributed by atoms with Gasteiger partial charge in [-0.15, -0.1) is 0 Å². The molecule has 1 aliphatic heterocycles. The molecular weight excluding hydrogens is 444 g/mol. The van der Waals surface area contributed by atoms with Gasteiger partial charge in [0.25, 0.3) is 0 Å². The quantitative estimate of drug-likeness (QED) is 0.491. The number of halogens is 1. The van der Waals surface area contributed by atoms with Crippen LogP contribution in [0.2, 0.25) is 5.02 Å². The van der Waals surface area contributed by atoms with Crippen LogP contribution in [0.5, 0.6) is 5.75 Å². The molecular formula is C24H27ClN4O2S. The van der Waals surface area contributed by atoms with Crippen LogP contribution >= 0.6 is 23.8 Å². The molecule has 1 fully saturated rings. The number of benzene rings is 1. The molecule has 2 atom stereocenters. The number of anilines is 1. The number of methoxy groups -OCH3 is 2. The molecule has 168 valence electrons. The van der Waals surface area contributed by atoms with E-state index in [0.29, 0.717) is 22.5 Å². The van der Waals surface area contributed by atoms with Crippen molar-refractivity contribution in [1.29, 1.82) is 0 Å². The SMILES string of the molecule is COCCn1c(C)cc([C@@H]2[C@H](c3ccccn3)NC(=S)N2c2ccc(OC)c(Cl)c2)c1C. The van der Waals surface area contributed by atoms with E-state index in [2.05, 4.69) is 39.7 Å². The summed E-state index contributed by atoms with van der Waals surface area (Å²) in [5.74, 6) is 0.629. The minimum atomic E-state index is -0.110. The van der Waals surface area contributed by atoms with Crippen LogP contribution in [-0.4, -0.2) is 35.5 Å². The number of ether oxygens (including phenoxy) is 2. The molecule has 8 heteroatoms. The molecule has 0 spiro atoms. The van der Waals surface area contributed by atoms with E-state index in [1.807, 2.05) is 42.6 Å². The Morgan fingerprint density at radius 3 is 2.62 bits per heavy atom. The molecule has 0 radical (unpaired) electrons. The van der Waals surface area contributed by atoms with Gasteiger partial charge in [-0.25, -0.2) is 0 Å². The Morgan fingerprint density at radius 1 is 1.16 bits per heavy atom. The summed E-state index contributed by atoms with van der Waals surface area (Å²) in [7, 11) is 3.33. The third-order valence-corrected chi connectivity index (χ3v) is 6.57. The van der Waals surface area contributed by atoms with Crippen molar-refractivity contribution in [2.75, 3.05) is 25.7 Å². The molecule has 0 amide bonds. The van der Waals surface area contributed by atoms with Gasteiger partial charge in [0.15, 0.2) is 5.11 Å². The molecule has 32 heavy (non-hydrogen) atoms. The Hall–Kier alpha value is -2.61. The van der Waals surface area contributed by atoms with Crippen LogP contribution in [0.3, 0.4) is 0 Å². The fourth-order valence-corrected chi connectivity index (χ4v) is 5.01. The maximum Gasteiger partial charge on any atom is 0.174 e. The van der Waals surface area contributed by atoms with Crippen molar-refractivity contribution in [3.63, 3.8) is 0 Å². The Morgan fingerprint density at radius 2 is 1.97 bits per heavy atom. The summed E-state index contributed by atoms with van der Waals surface area (Å²) in [5, 5.41) is 4.67. The van der Waals surface area contributed by atoms with Crippen LogP contribution in [0, 0.1) is 13.8 Å². The Bertz CT molecular complexity index is 1120. The number of pyridine rings is 1. The smallest absolute Gasteiger partial charge is 0.174 e. The zero-order valence-electron chi connectivity index (χ0n) is 18.6. The van der Waals surface area contributed by atoms with Crippen LogP contribution in [0.4, 0.5) is 5.69 Å². The Labute approximate surface area is 199 Å². The number of thiocarbonyl (C=S) groups is 1. The van der Waals surface area contributed by atoms with Gasteiger partial charge in [0.05, 0.1) is 36.5 Å². The van der Waals surface area contributed by atoms with Gasteiger partial charge < -0.3 is 24.3 Å². The van der Waals surface area contributed by atoms with Crippen LogP contribution in [0.1, 0.15) is 34.7 Å². The van der Waals surface area contributed by atoms with Crippen LogP contribution < -0.4 is 15.0 Å². The number of nitrogens with one attached hydrogen (secondary N) is 1. The highest BCUT2D eigenvalue weighted by Gasteiger charge is 2.42. The molecule has 1 aliphatic rings. The molecule has 3 aromatic rings. The zero-order valence-corrected chi connectivity index (χ0v) is 20.2. The number of hydrogen-bond donors (Lipinski definition) is 1. The summed E-state index contributed by atoms with van der Waals surface area (Å²) in [4.78, 5) is 6.76. The predicted molar refractivity (Wildman–Crippen MR) is 132 cm³/mol. The second kappa shape index (κ2) is 9.48. The molecule has 1 aromatic carbocycles. The van der Waals surface area contributed by atoms with Gasteiger partial charge in [0.1, 0.15) is 5.75 Å². The first-order valence-electron chi connectivity index (χ1n) is 10.5. The topological polar surface area (TPSA) is 51.5 Å². The largest absolute Gasteiger partial charge is 0.495 e. The van der Waals surface area contributed by atoms with E-state index in [1.165, 1.54) is 17.0 Å². The van der Waals surface area contributed by atoms with E-state index in [0.717, 1.165) is 17.9 Å². The summed E-state index contributed by atoms with van der Waals surface area (Å²) in [6.45, 7) is 5.71. The highest BCUT2D eigenvalue weighted by atomic mass is 35.5. The van der Waals surface area contributed by atoms with Crippen molar-refractivity contribution < 1.29 is 9.47 Å². The third kappa shape index (κ3) is 4.08.